The molecule has 1 aliphatic rings. The molecule has 0 radical (unpaired) electrons. The van der Waals surface area contributed by atoms with Crippen molar-refractivity contribution in [2.24, 2.45) is 0 Å². The lowest BCUT2D eigenvalue weighted by Gasteiger charge is -2.04. The van der Waals surface area contributed by atoms with Gasteiger partial charge in [0.2, 0.25) is 0 Å². The maximum Gasteiger partial charge on any atom is 0.255 e. The molecule has 3 heteroatoms. The van der Waals surface area contributed by atoms with Crippen LogP contribution in [0, 0.1) is 5.82 Å². The highest BCUT2D eigenvalue weighted by atomic mass is 19.1. The van der Waals surface area contributed by atoms with Gasteiger partial charge in [-0.1, -0.05) is 13.0 Å². The van der Waals surface area contributed by atoms with Gasteiger partial charge < -0.3 is 5.11 Å². The van der Waals surface area contributed by atoms with Crippen molar-refractivity contribution in [3.05, 3.63) is 39.8 Å². The summed E-state index contributed by atoms with van der Waals surface area (Å²) in [5, 5.41) is 9.12. The van der Waals surface area contributed by atoms with Gasteiger partial charge in [-0.15, -0.1) is 0 Å². The zero-order valence-electron chi connectivity index (χ0n) is 7.88. The number of aromatic hydroxyl groups is 1. The highest BCUT2D eigenvalue weighted by molar-refractivity contribution is 5.33. The van der Waals surface area contributed by atoms with Gasteiger partial charge in [0.25, 0.3) is 5.43 Å². The second-order valence-electron chi connectivity index (χ2n) is 4.06. The van der Waals surface area contributed by atoms with Gasteiger partial charge in [0.1, 0.15) is 0 Å². The quantitative estimate of drug-likeness (QED) is 0.741. The van der Waals surface area contributed by atoms with Crippen molar-refractivity contribution >= 4 is 0 Å². The van der Waals surface area contributed by atoms with Gasteiger partial charge in [-0.05, 0) is 36.0 Å². The standard InChI is InChI=1S/C11H11FO2/c1-11(4-5-11)7-2-3-9(13)10(14)8(12)6-7/h2-3,6H,4-5H2,1H3,(H,13,14). The molecule has 0 amide bonds. The molecule has 74 valence electrons. The van der Waals surface area contributed by atoms with E-state index in [1.54, 1.807) is 6.07 Å². The van der Waals surface area contributed by atoms with Gasteiger partial charge in [0, 0.05) is 0 Å². The Bertz CT molecular complexity index is 436. The summed E-state index contributed by atoms with van der Waals surface area (Å²) in [7, 11) is 0. The van der Waals surface area contributed by atoms with Crippen molar-refractivity contribution in [1.82, 2.24) is 0 Å². The van der Waals surface area contributed by atoms with Crippen LogP contribution in [0.5, 0.6) is 5.75 Å². The average Bonchev–Trinajstić information content (AvgIpc) is 2.89. The first-order valence-corrected chi connectivity index (χ1v) is 4.56. The molecule has 0 bridgehead atoms. The van der Waals surface area contributed by atoms with Crippen molar-refractivity contribution in [2.75, 3.05) is 0 Å². The predicted molar refractivity (Wildman–Crippen MR) is 50.9 cm³/mol. The molecule has 0 heterocycles. The first-order chi connectivity index (χ1) is 6.53. The van der Waals surface area contributed by atoms with E-state index in [2.05, 4.69) is 0 Å². The Balaban J connectivity index is 2.62. The summed E-state index contributed by atoms with van der Waals surface area (Å²) in [5.41, 5.74) is -0.147. The first kappa shape index (κ1) is 9.19. The molecule has 2 rings (SSSR count). The molecule has 1 aromatic rings. The molecular formula is C11H11FO2. The molecule has 0 aliphatic heterocycles. The third kappa shape index (κ3) is 1.39. The maximum absolute atomic E-state index is 13.2. The molecule has 1 fully saturated rings. The van der Waals surface area contributed by atoms with E-state index in [4.69, 9.17) is 5.11 Å². The second kappa shape index (κ2) is 2.80. The third-order valence-electron chi connectivity index (χ3n) is 2.85. The van der Waals surface area contributed by atoms with Crippen LogP contribution in [0.25, 0.3) is 0 Å². The number of hydrogen-bond acceptors (Lipinski definition) is 2. The molecule has 0 unspecified atom stereocenters. The largest absolute Gasteiger partial charge is 0.504 e. The Hall–Kier alpha value is -1.38. The zero-order chi connectivity index (χ0) is 10.3. The summed E-state index contributed by atoms with van der Waals surface area (Å²) >= 11 is 0. The molecule has 0 aromatic heterocycles. The van der Waals surface area contributed by atoms with Gasteiger partial charge in [0.05, 0.1) is 0 Å². The molecule has 0 atom stereocenters. The Morgan fingerprint density at radius 3 is 2.64 bits per heavy atom. The fourth-order valence-corrected chi connectivity index (χ4v) is 1.47. The number of hydrogen-bond donors (Lipinski definition) is 1. The highest BCUT2D eigenvalue weighted by Crippen LogP contribution is 2.47. The Morgan fingerprint density at radius 2 is 2.07 bits per heavy atom. The van der Waals surface area contributed by atoms with Crippen LogP contribution in [0.4, 0.5) is 4.39 Å². The summed E-state index contributed by atoms with van der Waals surface area (Å²) in [5.74, 6) is -1.41. The molecule has 14 heavy (non-hydrogen) atoms. The average molecular weight is 194 g/mol. The van der Waals surface area contributed by atoms with Gasteiger partial charge in [-0.3, -0.25) is 4.79 Å². The SMILES string of the molecule is CC1(c2ccc(O)c(=O)c(F)c2)CC1. The molecule has 1 N–H and O–H groups in total. The van der Waals surface area contributed by atoms with Crippen LogP contribution in [0.2, 0.25) is 0 Å². The predicted octanol–water partition coefficient (Wildman–Crippen LogP) is 1.94. The fourth-order valence-electron chi connectivity index (χ4n) is 1.47. The minimum Gasteiger partial charge on any atom is -0.504 e. The molecule has 1 aromatic carbocycles. The van der Waals surface area contributed by atoms with Crippen LogP contribution in [-0.4, -0.2) is 5.11 Å². The summed E-state index contributed by atoms with van der Waals surface area (Å²) < 4.78 is 13.2. The highest BCUT2D eigenvalue weighted by Gasteiger charge is 2.39. The Labute approximate surface area is 81.0 Å². The lowest BCUT2D eigenvalue weighted by Crippen LogP contribution is -2.03. The molecular weight excluding hydrogens is 183 g/mol. The number of rotatable bonds is 1. The third-order valence-corrected chi connectivity index (χ3v) is 2.85. The smallest absolute Gasteiger partial charge is 0.255 e. The summed E-state index contributed by atoms with van der Waals surface area (Å²) in [6, 6.07) is 4.12. The summed E-state index contributed by atoms with van der Waals surface area (Å²) in [6.45, 7) is 2.02. The normalized spacial score (nSPS) is 17.9. The first-order valence-electron chi connectivity index (χ1n) is 4.56. The van der Waals surface area contributed by atoms with Gasteiger partial charge in [0.15, 0.2) is 11.6 Å². The summed E-state index contributed by atoms with van der Waals surface area (Å²) in [6.07, 6.45) is 2.01. The van der Waals surface area contributed by atoms with Gasteiger partial charge in [-0.2, -0.15) is 0 Å². The molecule has 1 saturated carbocycles. The van der Waals surface area contributed by atoms with Crippen molar-refractivity contribution in [3.8, 4) is 5.75 Å². The van der Waals surface area contributed by atoms with Gasteiger partial charge >= 0.3 is 0 Å². The van der Waals surface area contributed by atoms with Crippen LogP contribution in [0.1, 0.15) is 25.3 Å². The minimum absolute atomic E-state index is 0.00125. The van der Waals surface area contributed by atoms with Crippen LogP contribution in [0.15, 0.2) is 23.0 Å². The maximum atomic E-state index is 13.2. The molecule has 0 saturated heterocycles. The molecule has 1 aliphatic carbocycles. The van der Waals surface area contributed by atoms with E-state index in [-0.39, 0.29) is 5.41 Å². The van der Waals surface area contributed by atoms with Crippen molar-refractivity contribution in [1.29, 1.82) is 0 Å². The second-order valence-corrected chi connectivity index (χ2v) is 4.06. The summed E-state index contributed by atoms with van der Waals surface area (Å²) in [4.78, 5) is 11.0. The van der Waals surface area contributed by atoms with E-state index >= 15 is 0 Å². The lowest BCUT2D eigenvalue weighted by atomic mass is 10.0. The zero-order valence-corrected chi connectivity index (χ0v) is 7.88. The van der Waals surface area contributed by atoms with Crippen LogP contribution in [0.3, 0.4) is 0 Å². The lowest BCUT2D eigenvalue weighted by molar-refractivity contribution is 0.464. The van der Waals surface area contributed by atoms with Crippen molar-refractivity contribution in [3.63, 3.8) is 0 Å². The van der Waals surface area contributed by atoms with E-state index < -0.39 is 17.0 Å². The Kier molecular flexibility index (Phi) is 1.84. The Morgan fingerprint density at radius 1 is 1.43 bits per heavy atom. The van der Waals surface area contributed by atoms with E-state index in [0.29, 0.717) is 0 Å². The van der Waals surface area contributed by atoms with E-state index in [0.717, 1.165) is 18.4 Å². The monoisotopic (exact) mass is 194 g/mol. The van der Waals surface area contributed by atoms with Crippen LogP contribution >= 0.6 is 0 Å². The van der Waals surface area contributed by atoms with E-state index in [1.807, 2.05) is 6.92 Å². The topological polar surface area (TPSA) is 37.3 Å². The van der Waals surface area contributed by atoms with E-state index in [1.165, 1.54) is 12.1 Å². The van der Waals surface area contributed by atoms with Crippen molar-refractivity contribution < 1.29 is 9.50 Å². The molecule has 0 spiro atoms. The fraction of sp³-hybridized carbons (Fsp3) is 0.364. The van der Waals surface area contributed by atoms with E-state index in [9.17, 15) is 9.18 Å². The van der Waals surface area contributed by atoms with Crippen LogP contribution in [-0.2, 0) is 5.41 Å². The van der Waals surface area contributed by atoms with Crippen LogP contribution < -0.4 is 5.43 Å². The van der Waals surface area contributed by atoms with Crippen molar-refractivity contribution in [2.45, 2.75) is 25.2 Å². The molecule has 2 nitrogen and oxygen atoms in total. The number of halogens is 1. The minimum atomic E-state index is -0.930. The van der Waals surface area contributed by atoms with Gasteiger partial charge in [-0.25, -0.2) is 4.39 Å².